The fourth-order valence-corrected chi connectivity index (χ4v) is 6.67. The van der Waals surface area contributed by atoms with Gasteiger partial charge in [0.1, 0.15) is 11.9 Å². The molecule has 0 fully saturated rings. The van der Waals surface area contributed by atoms with Crippen LogP contribution in [0.5, 0.6) is 0 Å². The Balaban J connectivity index is 1.28. The number of fused-ring (bicyclic) bond motifs is 1. The Hall–Kier alpha value is -2.82. The lowest BCUT2D eigenvalue weighted by molar-refractivity contribution is 0.0530. The van der Waals surface area contributed by atoms with Gasteiger partial charge in [0.15, 0.2) is 11.5 Å². The first-order valence-corrected chi connectivity index (χ1v) is 19.6. The Bertz CT molecular complexity index is 1360. The van der Waals surface area contributed by atoms with Gasteiger partial charge in [-0.2, -0.15) is 9.97 Å². The van der Waals surface area contributed by atoms with E-state index in [1.165, 1.54) is 77.0 Å². The first-order valence-electron chi connectivity index (χ1n) is 17.9. The van der Waals surface area contributed by atoms with Gasteiger partial charge in [0.05, 0.1) is 38.8 Å². The molecular weight excluding hydrogens is 627 g/mol. The number of unbranched alkanes of at least 4 members (excludes halogenated alkanes) is 12. The highest BCUT2D eigenvalue weighted by Gasteiger charge is 2.27. The number of rotatable bonds is 28. The van der Waals surface area contributed by atoms with Crippen LogP contribution in [0.25, 0.3) is 11.2 Å². The number of nitrogens with zero attached hydrogens (tertiary/aromatic N) is 4. The van der Waals surface area contributed by atoms with Crippen LogP contribution in [-0.4, -0.2) is 51.8 Å². The maximum atomic E-state index is 13.7. The highest BCUT2D eigenvalue weighted by atomic mass is 31.2. The topological polar surface area (TPSA) is 150 Å². The number of ether oxygens (including phenoxy) is 2. The van der Waals surface area contributed by atoms with E-state index in [-0.39, 0.29) is 37.4 Å². The molecule has 2 aromatic heterocycles. The number of allylic oxidation sites excluding steroid dienone is 2. The molecule has 4 N–H and O–H groups in total. The lowest BCUT2D eigenvalue weighted by atomic mass is 10.1. The van der Waals surface area contributed by atoms with Crippen molar-refractivity contribution in [2.45, 2.75) is 123 Å². The van der Waals surface area contributed by atoms with Gasteiger partial charge >= 0.3 is 7.60 Å². The third-order valence-corrected chi connectivity index (χ3v) is 9.63. The zero-order valence-electron chi connectivity index (χ0n) is 29.3. The zero-order valence-corrected chi connectivity index (χ0v) is 30.2. The van der Waals surface area contributed by atoms with E-state index in [1.807, 2.05) is 37.3 Å². The summed E-state index contributed by atoms with van der Waals surface area (Å²) in [5.41, 5.74) is 13.6. The molecule has 0 aliphatic rings. The molecule has 48 heavy (non-hydrogen) atoms. The summed E-state index contributed by atoms with van der Waals surface area (Å²) in [6.45, 7) is 5.80. The highest BCUT2D eigenvalue weighted by Crippen LogP contribution is 2.49. The lowest BCUT2D eigenvalue weighted by Gasteiger charge is -2.21. The van der Waals surface area contributed by atoms with Crippen LogP contribution in [0.3, 0.4) is 0 Å². The largest absolute Gasteiger partial charge is 0.382 e. The molecule has 11 nitrogen and oxygen atoms in total. The smallest absolute Gasteiger partial charge is 0.356 e. The number of nitrogens with two attached hydrogens (primary N) is 2. The van der Waals surface area contributed by atoms with Gasteiger partial charge in [-0.05, 0) is 44.6 Å². The molecular formula is C36H59N6O5P. The molecule has 0 saturated carbocycles. The Labute approximate surface area is 287 Å². The molecule has 0 bridgehead atoms. The predicted octanol–water partition coefficient (Wildman–Crippen LogP) is 8.83. The number of benzene rings is 1. The van der Waals surface area contributed by atoms with Crippen molar-refractivity contribution in [1.82, 2.24) is 19.5 Å². The Morgan fingerprint density at radius 3 is 2.21 bits per heavy atom. The third-order valence-electron chi connectivity index (χ3n) is 8.07. The summed E-state index contributed by atoms with van der Waals surface area (Å²) in [4.78, 5) is 12.5. The van der Waals surface area contributed by atoms with Crippen molar-refractivity contribution in [3.63, 3.8) is 0 Å². The monoisotopic (exact) mass is 686 g/mol. The van der Waals surface area contributed by atoms with Crippen LogP contribution < -0.4 is 11.5 Å². The van der Waals surface area contributed by atoms with Gasteiger partial charge in [0.2, 0.25) is 5.95 Å². The van der Waals surface area contributed by atoms with Crippen molar-refractivity contribution in [1.29, 1.82) is 0 Å². The molecule has 1 unspecified atom stereocenters. The van der Waals surface area contributed by atoms with Crippen molar-refractivity contribution >= 4 is 30.5 Å². The number of hydrogen-bond acceptors (Lipinski definition) is 10. The normalized spacial score (nSPS) is 13.8. The fraction of sp³-hybridized carbons (Fsp3) is 0.639. The maximum absolute atomic E-state index is 13.7. The molecule has 0 spiro atoms. The second kappa shape index (κ2) is 23.5. The molecule has 1 aromatic carbocycles. The van der Waals surface area contributed by atoms with E-state index in [9.17, 15) is 4.57 Å². The molecule has 0 amide bonds. The summed E-state index contributed by atoms with van der Waals surface area (Å²) in [5.74, 6) is 0.282. The zero-order chi connectivity index (χ0) is 34.3. The van der Waals surface area contributed by atoms with Crippen LogP contribution in [0.4, 0.5) is 11.8 Å². The molecule has 0 aliphatic carbocycles. The quantitative estimate of drug-likeness (QED) is 0.0431. The van der Waals surface area contributed by atoms with Crippen LogP contribution in [-0.2, 0) is 36.2 Å². The lowest BCUT2D eigenvalue weighted by Crippen LogP contribution is -2.19. The SMILES string of the molecule is CCCCCCCCC=CCCCCCCCCOCCOP(=O)(CO[C@H](C)Cn1cnc2c(N)nc(N)nc21)OCc1ccccc1. The maximum Gasteiger partial charge on any atom is 0.356 e. The average Bonchev–Trinajstić information content (AvgIpc) is 3.48. The molecule has 0 radical (unpaired) electrons. The van der Waals surface area contributed by atoms with E-state index in [0.717, 1.165) is 18.4 Å². The summed E-state index contributed by atoms with van der Waals surface area (Å²) in [7, 11) is -3.58. The minimum atomic E-state index is -3.58. The van der Waals surface area contributed by atoms with E-state index in [1.54, 1.807) is 10.9 Å². The summed E-state index contributed by atoms with van der Waals surface area (Å²) >= 11 is 0. The van der Waals surface area contributed by atoms with Crippen LogP contribution in [0.2, 0.25) is 0 Å². The predicted molar refractivity (Wildman–Crippen MR) is 195 cm³/mol. The van der Waals surface area contributed by atoms with E-state index in [2.05, 4.69) is 34.0 Å². The molecule has 12 heteroatoms. The van der Waals surface area contributed by atoms with Gasteiger partial charge in [-0.1, -0.05) is 107 Å². The van der Waals surface area contributed by atoms with Crippen molar-refractivity contribution in [2.24, 2.45) is 0 Å². The second-order valence-corrected chi connectivity index (χ2v) is 14.4. The van der Waals surface area contributed by atoms with E-state index in [0.29, 0.717) is 30.9 Å². The molecule has 268 valence electrons. The first kappa shape index (κ1) is 39.6. The number of aromatic nitrogens is 4. The standard InChI is InChI=1S/C36H59N6O5P/c1-3-4-5-6-7-8-9-10-11-12-13-14-15-16-17-21-24-44-25-26-46-48(43,47-28-32-22-19-18-20-23-32)30-45-31(2)27-42-29-39-33-34(37)40-36(38)41-35(33)42/h10-11,18-20,22-23,29,31H,3-9,12-17,21,24-28,30H2,1-2H3,(H4,37,38,40,41)/t31-,48?/m1/s1. The number of imidazole rings is 1. The van der Waals surface area contributed by atoms with Crippen LogP contribution in [0.15, 0.2) is 48.8 Å². The molecule has 0 saturated heterocycles. The van der Waals surface area contributed by atoms with Crippen LogP contribution in [0, 0.1) is 0 Å². The van der Waals surface area contributed by atoms with Crippen molar-refractivity contribution < 1.29 is 23.1 Å². The Morgan fingerprint density at radius 2 is 1.50 bits per heavy atom. The number of hydrogen-bond donors (Lipinski definition) is 2. The van der Waals surface area contributed by atoms with Gasteiger partial charge in [-0.3, -0.25) is 4.57 Å². The molecule has 3 rings (SSSR count). The summed E-state index contributed by atoms with van der Waals surface area (Å²) in [6.07, 6.45) is 23.6. The summed E-state index contributed by atoms with van der Waals surface area (Å²) in [6, 6.07) is 9.56. The van der Waals surface area contributed by atoms with Crippen molar-refractivity contribution in [3.05, 3.63) is 54.4 Å². The van der Waals surface area contributed by atoms with Gasteiger partial charge < -0.3 is 34.6 Å². The van der Waals surface area contributed by atoms with Gasteiger partial charge in [0.25, 0.3) is 0 Å². The van der Waals surface area contributed by atoms with Crippen molar-refractivity contribution in [3.8, 4) is 0 Å². The number of anilines is 2. The minimum Gasteiger partial charge on any atom is -0.382 e. The summed E-state index contributed by atoms with van der Waals surface area (Å²) in [5, 5.41) is 0. The number of nitrogen functional groups attached to an aromatic ring is 2. The third kappa shape index (κ3) is 16.1. The van der Waals surface area contributed by atoms with E-state index < -0.39 is 7.60 Å². The summed E-state index contributed by atoms with van der Waals surface area (Å²) < 4.78 is 38.8. The van der Waals surface area contributed by atoms with Crippen LogP contribution >= 0.6 is 7.60 Å². The first-order chi connectivity index (χ1) is 23.4. The molecule has 0 aliphatic heterocycles. The fourth-order valence-electron chi connectivity index (χ4n) is 5.31. The van der Waals surface area contributed by atoms with Gasteiger partial charge in [0, 0.05) is 6.61 Å². The van der Waals surface area contributed by atoms with Gasteiger partial charge in [-0.25, -0.2) is 4.98 Å². The molecule has 2 atom stereocenters. The van der Waals surface area contributed by atoms with E-state index in [4.69, 9.17) is 30.0 Å². The minimum absolute atomic E-state index is 0.0671. The second-order valence-electron chi connectivity index (χ2n) is 12.4. The Morgan fingerprint density at radius 1 is 0.833 bits per heavy atom. The Kier molecular flexibility index (Phi) is 19.4. The van der Waals surface area contributed by atoms with Crippen LogP contribution in [0.1, 0.15) is 109 Å². The highest BCUT2D eigenvalue weighted by molar-refractivity contribution is 7.53. The molecule has 3 aromatic rings. The molecule has 2 heterocycles. The average molecular weight is 687 g/mol. The van der Waals surface area contributed by atoms with Crippen molar-refractivity contribution in [2.75, 3.05) is 37.6 Å². The van der Waals surface area contributed by atoms with E-state index >= 15 is 0 Å². The van der Waals surface area contributed by atoms with Gasteiger partial charge in [-0.15, -0.1) is 0 Å².